The van der Waals surface area contributed by atoms with Gasteiger partial charge < -0.3 is 19.5 Å². The second-order valence-corrected chi connectivity index (χ2v) is 5.93. The summed E-state index contributed by atoms with van der Waals surface area (Å²) < 4.78 is 15.4. The lowest BCUT2D eigenvalue weighted by atomic mass is 10.1. The van der Waals surface area contributed by atoms with Gasteiger partial charge in [0.25, 0.3) is 5.91 Å². The Balaban J connectivity index is 1.93. The zero-order chi connectivity index (χ0) is 19.1. The average molecular weight is 378 g/mol. The minimum atomic E-state index is -0.968. The molecule has 0 aliphatic carbocycles. The van der Waals surface area contributed by atoms with Gasteiger partial charge in [0.15, 0.2) is 6.10 Å². The highest BCUT2D eigenvalue weighted by Gasteiger charge is 2.19. The van der Waals surface area contributed by atoms with E-state index >= 15 is 0 Å². The van der Waals surface area contributed by atoms with Crippen molar-refractivity contribution in [3.63, 3.8) is 0 Å². The molecule has 2 aromatic rings. The van der Waals surface area contributed by atoms with Crippen molar-refractivity contribution in [1.82, 2.24) is 0 Å². The van der Waals surface area contributed by atoms with Gasteiger partial charge in [-0.3, -0.25) is 9.59 Å². The average Bonchev–Trinajstić information content (AvgIpc) is 2.62. The molecule has 6 nitrogen and oxygen atoms in total. The fraction of sp³-hybridized carbons (Fsp3) is 0.263. The smallest absolute Gasteiger partial charge is 0.311 e. The van der Waals surface area contributed by atoms with E-state index < -0.39 is 18.0 Å². The van der Waals surface area contributed by atoms with E-state index in [4.69, 9.17) is 25.8 Å². The van der Waals surface area contributed by atoms with Gasteiger partial charge in [0.05, 0.1) is 26.3 Å². The Morgan fingerprint density at radius 1 is 1.08 bits per heavy atom. The molecule has 138 valence electrons. The number of ether oxygens (including phenoxy) is 3. The molecule has 0 aromatic heterocycles. The van der Waals surface area contributed by atoms with E-state index in [0.717, 1.165) is 5.56 Å². The zero-order valence-corrected chi connectivity index (χ0v) is 15.5. The number of carbonyl (C=O) groups is 2. The lowest BCUT2D eigenvalue weighted by molar-refractivity contribution is -0.152. The summed E-state index contributed by atoms with van der Waals surface area (Å²) >= 11 is 5.93. The van der Waals surface area contributed by atoms with Crippen LogP contribution in [-0.2, 0) is 20.7 Å². The molecule has 1 N–H and O–H groups in total. The first-order chi connectivity index (χ1) is 12.4. The third-order valence-electron chi connectivity index (χ3n) is 3.60. The van der Waals surface area contributed by atoms with Gasteiger partial charge in [-0.15, -0.1) is 0 Å². The van der Waals surface area contributed by atoms with Crippen LogP contribution in [0.3, 0.4) is 0 Å². The summed E-state index contributed by atoms with van der Waals surface area (Å²) in [5.41, 5.74) is 1.17. The highest BCUT2D eigenvalue weighted by molar-refractivity contribution is 6.31. The van der Waals surface area contributed by atoms with Crippen molar-refractivity contribution in [2.75, 3.05) is 19.5 Å². The fourth-order valence-corrected chi connectivity index (χ4v) is 2.39. The number of amides is 1. The van der Waals surface area contributed by atoms with Crippen LogP contribution in [0.4, 0.5) is 5.69 Å². The molecule has 0 unspecified atom stereocenters. The number of hydrogen-bond acceptors (Lipinski definition) is 5. The minimum Gasteiger partial charge on any atom is -0.497 e. The maximum atomic E-state index is 12.3. The third-order valence-corrected chi connectivity index (χ3v) is 3.84. The van der Waals surface area contributed by atoms with Crippen LogP contribution < -0.4 is 14.8 Å². The summed E-state index contributed by atoms with van der Waals surface area (Å²) in [7, 11) is 3.05. The largest absolute Gasteiger partial charge is 0.497 e. The first kappa shape index (κ1) is 19.6. The standard InChI is InChI=1S/C19H20ClNO5/c1-12(19(23)21-16-11-14(20)6-9-17(16)25-3)26-18(22)10-13-4-7-15(24-2)8-5-13/h4-9,11-12H,10H2,1-3H3,(H,21,23)/t12-/m1/s1. The summed E-state index contributed by atoms with van der Waals surface area (Å²) in [4.78, 5) is 24.3. The van der Waals surface area contributed by atoms with Crippen molar-refractivity contribution < 1.29 is 23.8 Å². The van der Waals surface area contributed by atoms with Crippen molar-refractivity contribution >= 4 is 29.2 Å². The maximum absolute atomic E-state index is 12.3. The van der Waals surface area contributed by atoms with Gasteiger partial charge in [-0.1, -0.05) is 23.7 Å². The van der Waals surface area contributed by atoms with Crippen LogP contribution in [0.15, 0.2) is 42.5 Å². The van der Waals surface area contributed by atoms with E-state index in [-0.39, 0.29) is 6.42 Å². The lowest BCUT2D eigenvalue weighted by Gasteiger charge is -2.15. The van der Waals surface area contributed by atoms with E-state index in [1.165, 1.54) is 14.0 Å². The Morgan fingerprint density at radius 3 is 2.38 bits per heavy atom. The van der Waals surface area contributed by atoms with Crippen LogP contribution in [0, 0.1) is 0 Å². The summed E-state index contributed by atoms with van der Waals surface area (Å²) in [6, 6.07) is 11.9. The van der Waals surface area contributed by atoms with E-state index in [1.807, 2.05) is 0 Å². The van der Waals surface area contributed by atoms with E-state index in [1.54, 1.807) is 49.6 Å². The van der Waals surface area contributed by atoms with Crippen molar-refractivity contribution in [3.05, 3.63) is 53.1 Å². The number of rotatable bonds is 7. The molecular formula is C19H20ClNO5. The molecule has 0 aliphatic rings. The first-order valence-electron chi connectivity index (χ1n) is 7.89. The predicted octanol–water partition coefficient (Wildman–Crippen LogP) is 3.47. The quantitative estimate of drug-likeness (QED) is 0.748. The van der Waals surface area contributed by atoms with Crippen LogP contribution >= 0.6 is 11.6 Å². The molecule has 0 saturated carbocycles. The zero-order valence-electron chi connectivity index (χ0n) is 14.7. The predicted molar refractivity (Wildman–Crippen MR) is 98.9 cm³/mol. The second kappa shape index (κ2) is 9.10. The van der Waals surface area contributed by atoms with Gasteiger partial charge in [-0.2, -0.15) is 0 Å². The molecule has 0 bridgehead atoms. The molecule has 0 radical (unpaired) electrons. The molecule has 2 rings (SSSR count). The molecule has 2 aromatic carbocycles. The molecule has 0 fully saturated rings. The Bertz CT molecular complexity index is 776. The summed E-state index contributed by atoms with van der Waals surface area (Å²) in [6.45, 7) is 1.50. The van der Waals surface area contributed by atoms with Gasteiger partial charge >= 0.3 is 5.97 Å². The molecule has 1 atom stereocenters. The topological polar surface area (TPSA) is 73.9 Å². The second-order valence-electron chi connectivity index (χ2n) is 5.49. The third kappa shape index (κ3) is 5.39. The Morgan fingerprint density at radius 2 is 1.77 bits per heavy atom. The SMILES string of the molecule is COc1ccc(CC(=O)O[C@H](C)C(=O)Nc2cc(Cl)ccc2OC)cc1. The minimum absolute atomic E-state index is 0.0576. The van der Waals surface area contributed by atoms with Gasteiger partial charge in [0.2, 0.25) is 0 Å². The Kier molecular flexibility index (Phi) is 6.86. The maximum Gasteiger partial charge on any atom is 0.311 e. The molecule has 0 spiro atoms. The summed E-state index contributed by atoms with van der Waals surface area (Å²) in [5.74, 6) is 0.175. The number of hydrogen-bond donors (Lipinski definition) is 1. The van der Waals surface area contributed by atoms with E-state index in [9.17, 15) is 9.59 Å². The van der Waals surface area contributed by atoms with Crippen LogP contribution in [0.25, 0.3) is 0 Å². The highest BCUT2D eigenvalue weighted by Crippen LogP contribution is 2.27. The fourth-order valence-electron chi connectivity index (χ4n) is 2.21. The van der Waals surface area contributed by atoms with Gasteiger partial charge in [-0.25, -0.2) is 0 Å². The number of methoxy groups -OCH3 is 2. The highest BCUT2D eigenvalue weighted by atomic mass is 35.5. The van der Waals surface area contributed by atoms with E-state index in [2.05, 4.69) is 5.32 Å². The summed E-state index contributed by atoms with van der Waals surface area (Å²) in [5, 5.41) is 3.09. The number of anilines is 1. The number of halogens is 1. The van der Waals surface area contributed by atoms with Crippen molar-refractivity contribution in [1.29, 1.82) is 0 Å². The molecule has 0 aliphatic heterocycles. The van der Waals surface area contributed by atoms with Gasteiger partial charge in [0.1, 0.15) is 11.5 Å². The normalized spacial score (nSPS) is 11.4. The number of nitrogens with one attached hydrogen (secondary N) is 1. The molecule has 7 heteroatoms. The van der Waals surface area contributed by atoms with Crippen LogP contribution in [0.2, 0.25) is 5.02 Å². The Hall–Kier alpha value is -2.73. The monoisotopic (exact) mass is 377 g/mol. The summed E-state index contributed by atoms with van der Waals surface area (Å²) in [6.07, 6.45) is -0.910. The number of carbonyl (C=O) groups excluding carboxylic acids is 2. The molecule has 0 heterocycles. The Labute approximate surface area is 157 Å². The molecular weight excluding hydrogens is 358 g/mol. The molecule has 0 saturated heterocycles. The van der Waals surface area contributed by atoms with Crippen LogP contribution in [0.1, 0.15) is 12.5 Å². The number of esters is 1. The molecule has 26 heavy (non-hydrogen) atoms. The van der Waals surface area contributed by atoms with Gasteiger partial charge in [-0.05, 0) is 42.8 Å². The lowest BCUT2D eigenvalue weighted by Crippen LogP contribution is -2.30. The molecule has 1 amide bonds. The van der Waals surface area contributed by atoms with Crippen LogP contribution in [-0.4, -0.2) is 32.2 Å². The van der Waals surface area contributed by atoms with Crippen LogP contribution in [0.5, 0.6) is 11.5 Å². The van der Waals surface area contributed by atoms with Crippen molar-refractivity contribution in [2.24, 2.45) is 0 Å². The number of benzene rings is 2. The van der Waals surface area contributed by atoms with Crippen molar-refractivity contribution in [3.8, 4) is 11.5 Å². The van der Waals surface area contributed by atoms with Crippen molar-refractivity contribution in [2.45, 2.75) is 19.4 Å². The van der Waals surface area contributed by atoms with E-state index in [0.29, 0.717) is 22.2 Å². The van der Waals surface area contributed by atoms with Gasteiger partial charge in [0, 0.05) is 5.02 Å². The first-order valence-corrected chi connectivity index (χ1v) is 8.27.